The fraction of sp³-hybridized carbons (Fsp3) is 0.385. The molecule has 0 aliphatic heterocycles. The van der Waals surface area contributed by atoms with Crippen LogP contribution in [0.25, 0.3) is 0 Å². The van der Waals surface area contributed by atoms with Gasteiger partial charge in [0, 0.05) is 36.4 Å². The van der Waals surface area contributed by atoms with Crippen molar-refractivity contribution < 1.29 is 4.79 Å². The van der Waals surface area contributed by atoms with E-state index >= 15 is 0 Å². The quantitative estimate of drug-likeness (QED) is 0.897. The second-order valence-electron chi connectivity index (χ2n) is 4.21. The summed E-state index contributed by atoms with van der Waals surface area (Å²) in [5.41, 5.74) is 1.75. The van der Waals surface area contributed by atoms with Gasteiger partial charge < -0.3 is 5.32 Å². The molecule has 0 saturated heterocycles. The average molecular weight is 276 g/mol. The van der Waals surface area contributed by atoms with Crippen molar-refractivity contribution in [3.63, 3.8) is 0 Å². The van der Waals surface area contributed by atoms with E-state index in [0.717, 1.165) is 21.3 Å². The number of aryl methyl sites for hydroxylation is 2. The lowest BCUT2D eigenvalue weighted by atomic mass is 10.2. The maximum absolute atomic E-state index is 11.8. The van der Waals surface area contributed by atoms with Crippen molar-refractivity contribution in [3.8, 4) is 0 Å². The summed E-state index contributed by atoms with van der Waals surface area (Å²) in [6, 6.07) is 0. The van der Waals surface area contributed by atoms with E-state index in [1.807, 2.05) is 13.8 Å². The Morgan fingerprint density at radius 3 is 2.84 bits per heavy atom. The van der Waals surface area contributed by atoms with E-state index in [0.29, 0.717) is 19.4 Å². The number of rotatable bonds is 5. The van der Waals surface area contributed by atoms with Crippen LogP contribution in [0.4, 0.5) is 0 Å². The van der Waals surface area contributed by atoms with Gasteiger partial charge in [-0.25, -0.2) is 4.98 Å². The maximum atomic E-state index is 11.8. The number of carbonyl (C=O) groups excluding carboxylic acids is 1. The van der Waals surface area contributed by atoms with Crippen molar-refractivity contribution in [1.82, 2.24) is 20.3 Å². The van der Waals surface area contributed by atoms with Crippen molar-refractivity contribution in [2.24, 2.45) is 0 Å². The standard InChI is InChI=1S/C13H16N4OS/c1-9-12(17-10(2)19-9)7-13(18)16-4-3-11-8-14-5-6-15-11/h5-6,8H,3-4,7H2,1-2H3,(H,16,18). The predicted octanol–water partition coefficient (Wildman–Crippen LogP) is 1.45. The third kappa shape index (κ3) is 4.10. The fourth-order valence-corrected chi connectivity index (χ4v) is 2.57. The topological polar surface area (TPSA) is 67.8 Å². The van der Waals surface area contributed by atoms with E-state index in [1.54, 1.807) is 29.9 Å². The molecule has 0 bridgehead atoms. The molecule has 2 rings (SSSR count). The van der Waals surface area contributed by atoms with E-state index in [1.165, 1.54) is 0 Å². The fourth-order valence-electron chi connectivity index (χ4n) is 1.74. The molecule has 2 aromatic heterocycles. The molecule has 19 heavy (non-hydrogen) atoms. The molecule has 0 unspecified atom stereocenters. The van der Waals surface area contributed by atoms with Gasteiger partial charge in [-0.1, -0.05) is 0 Å². The number of nitrogens with one attached hydrogen (secondary N) is 1. The lowest BCUT2D eigenvalue weighted by molar-refractivity contribution is -0.120. The number of hydrogen-bond donors (Lipinski definition) is 1. The molecule has 0 atom stereocenters. The number of aromatic nitrogens is 3. The van der Waals surface area contributed by atoms with Crippen molar-refractivity contribution in [3.05, 3.63) is 39.9 Å². The van der Waals surface area contributed by atoms with Crippen LogP contribution in [-0.4, -0.2) is 27.4 Å². The molecule has 2 heterocycles. The highest BCUT2D eigenvalue weighted by Gasteiger charge is 2.09. The zero-order chi connectivity index (χ0) is 13.7. The van der Waals surface area contributed by atoms with E-state index in [9.17, 15) is 4.79 Å². The molecular weight excluding hydrogens is 260 g/mol. The van der Waals surface area contributed by atoms with E-state index in [2.05, 4.69) is 20.3 Å². The summed E-state index contributed by atoms with van der Waals surface area (Å²) in [6.45, 7) is 4.51. The van der Waals surface area contributed by atoms with E-state index < -0.39 is 0 Å². The molecule has 0 aromatic carbocycles. The Bertz CT molecular complexity index is 553. The van der Waals surface area contributed by atoms with Gasteiger partial charge in [-0.3, -0.25) is 14.8 Å². The summed E-state index contributed by atoms with van der Waals surface area (Å²) in [7, 11) is 0. The number of nitrogens with zero attached hydrogens (tertiary/aromatic N) is 3. The van der Waals surface area contributed by atoms with Crippen LogP contribution in [0.2, 0.25) is 0 Å². The normalized spacial score (nSPS) is 10.4. The van der Waals surface area contributed by atoms with Crippen LogP contribution in [0.1, 0.15) is 21.3 Å². The van der Waals surface area contributed by atoms with Crippen LogP contribution in [0.15, 0.2) is 18.6 Å². The summed E-state index contributed by atoms with van der Waals surface area (Å²) in [5.74, 6) is -0.00251. The minimum atomic E-state index is -0.00251. The largest absolute Gasteiger partial charge is 0.355 e. The SMILES string of the molecule is Cc1nc(CC(=O)NCCc2cnccn2)c(C)s1. The molecular formula is C13H16N4OS. The van der Waals surface area contributed by atoms with Gasteiger partial charge in [0.2, 0.25) is 5.91 Å². The first-order chi connectivity index (χ1) is 9.15. The van der Waals surface area contributed by atoms with Gasteiger partial charge >= 0.3 is 0 Å². The second kappa shape index (κ2) is 6.38. The molecule has 6 heteroatoms. The van der Waals surface area contributed by atoms with Crippen LogP contribution >= 0.6 is 11.3 Å². The summed E-state index contributed by atoms with van der Waals surface area (Å²) in [4.78, 5) is 25.4. The molecule has 0 radical (unpaired) electrons. The molecule has 0 spiro atoms. The average Bonchev–Trinajstić information content (AvgIpc) is 2.69. The molecule has 1 amide bonds. The van der Waals surface area contributed by atoms with Crippen LogP contribution in [0.5, 0.6) is 0 Å². The molecule has 0 saturated carbocycles. The third-order valence-electron chi connectivity index (χ3n) is 2.65. The predicted molar refractivity (Wildman–Crippen MR) is 74.0 cm³/mol. The van der Waals surface area contributed by atoms with Crippen LogP contribution < -0.4 is 5.32 Å². The Morgan fingerprint density at radius 2 is 2.21 bits per heavy atom. The van der Waals surface area contributed by atoms with Gasteiger partial charge in [0.15, 0.2) is 0 Å². The first kappa shape index (κ1) is 13.6. The van der Waals surface area contributed by atoms with Gasteiger partial charge in [-0.15, -0.1) is 11.3 Å². The molecule has 2 aromatic rings. The summed E-state index contributed by atoms with van der Waals surface area (Å²) in [6.07, 6.45) is 6.03. The third-order valence-corrected chi connectivity index (χ3v) is 3.58. The first-order valence-corrected chi connectivity index (χ1v) is 6.91. The Labute approximate surface area is 116 Å². The van der Waals surface area contributed by atoms with E-state index in [4.69, 9.17) is 0 Å². The number of amides is 1. The molecule has 1 N–H and O–H groups in total. The van der Waals surface area contributed by atoms with Crippen molar-refractivity contribution in [2.75, 3.05) is 6.54 Å². The zero-order valence-electron chi connectivity index (χ0n) is 11.0. The Kier molecular flexibility index (Phi) is 4.57. The van der Waals surface area contributed by atoms with Crippen LogP contribution in [-0.2, 0) is 17.6 Å². The second-order valence-corrected chi connectivity index (χ2v) is 5.62. The highest BCUT2D eigenvalue weighted by Crippen LogP contribution is 2.16. The lowest BCUT2D eigenvalue weighted by Gasteiger charge is -2.04. The molecule has 0 aliphatic rings. The number of carbonyl (C=O) groups is 1. The maximum Gasteiger partial charge on any atom is 0.226 e. The van der Waals surface area contributed by atoms with Gasteiger partial charge in [-0.05, 0) is 13.8 Å². The summed E-state index contributed by atoms with van der Waals surface area (Å²) < 4.78 is 0. The minimum Gasteiger partial charge on any atom is -0.355 e. The van der Waals surface area contributed by atoms with Crippen molar-refractivity contribution in [1.29, 1.82) is 0 Å². The first-order valence-electron chi connectivity index (χ1n) is 6.09. The van der Waals surface area contributed by atoms with Crippen molar-refractivity contribution >= 4 is 17.2 Å². The highest BCUT2D eigenvalue weighted by atomic mass is 32.1. The summed E-state index contributed by atoms with van der Waals surface area (Å²) in [5, 5.41) is 3.87. The van der Waals surface area contributed by atoms with Crippen LogP contribution in [0, 0.1) is 13.8 Å². The lowest BCUT2D eigenvalue weighted by Crippen LogP contribution is -2.27. The Morgan fingerprint density at radius 1 is 1.37 bits per heavy atom. The van der Waals surface area contributed by atoms with Crippen molar-refractivity contribution in [2.45, 2.75) is 26.7 Å². The minimum absolute atomic E-state index is 0.00251. The monoisotopic (exact) mass is 276 g/mol. The van der Waals surface area contributed by atoms with Gasteiger partial charge in [-0.2, -0.15) is 0 Å². The Hall–Kier alpha value is -1.82. The molecule has 0 fully saturated rings. The van der Waals surface area contributed by atoms with Gasteiger partial charge in [0.1, 0.15) is 0 Å². The van der Waals surface area contributed by atoms with Gasteiger partial charge in [0.05, 0.1) is 22.8 Å². The zero-order valence-corrected chi connectivity index (χ0v) is 11.8. The molecule has 0 aliphatic carbocycles. The number of thiazole rings is 1. The highest BCUT2D eigenvalue weighted by molar-refractivity contribution is 7.11. The van der Waals surface area contributed by atoms with Gasteiger partial charge in [0.25, 0.3) is 0 Å². The molecule has 5 nitrogen and oxygen atoms in total. The van der Waals surface area contributed by atoms with E-state index in [-0.39, 0.29) is 5.91 Å². The Balaban J connectivity index is 1.78. The summed E-state index contributed by atoms with van der Waals surface area (Å²) >= 11 is 1.62. The molecule has 100 valence electrons. The van der Waals surface area contributed by atoms with Crippen LogP contribution in [0.3, 0.4) is 0 Å². The number of hydrogen-bond acceptors (Lipinski definition) is 5. The smallest absolute Gasteiger partial charge is 0.226 e.